The molecule has 0 saturated heterocycles. The maximum absolute atomic E-state index is 5.67. The molecule has 106 valence electrons. The van der Waals surface area contributed by atoms with Crippen molar-refractivity contribution in [3.05, 3.63) is 60.5 Å². The van der Waals surface area contributed by atoms with Gasteiger partial charge in [0.1, 0.15) is 0 Å². The zero-order valence-corrected chi connectivity index (χ0v) is 12.4. The molecule has 1 N–H and O–H groups in total. The smallest absolute Gasteiger partial charge is 0.247 e. The highest BCUT2D eigenvalue weighted by Crippen LogP contribution is 2.25. The first-order valence-electron chi connectivity index (χ1n) is 6.61. The zero-order chi connectivity index (χ0) is 14.5. The van der Waals surface area contributed by atoms with Gasteiger partial charge in [0.2, 0.25) is 11.8 Å². The Balaban J connectivity index is 1.71. The van der Waals surface area contributed by atoms with Gasteiger partial charge in [-0.1, -0.05) is 30.3 Å². The molecular formula is C16H15N3OS. The number of hydrogen-bond acceptors (Lipinski definition) is 5. The zero-order valence-electron chi connectivity index (χ0n) is 11.6. The van der Waals surface area contributed by atoms with E-state index in [1.165, 1.54) is 4.90 Å². The minimum Gasteiger partial charge on any atom is -0.419 e. The highest BCUT2D eigenvalue weighted by atomic mass is 32.2. The van der Waals surface area contributed by atoms with E-state index < -0.39 is 0 Å². The standard InChI is InChI=1S/C16H15N3OS/c1-21-14-10-6-5-9-13(14)17-11-15-18-19-16(20-15)12-7-3-2-4-8-12/h2-10,17H,11H2,1H3. The van der Waals surface area contributed by atoms with Gasteiger partial charge in [-0.05, 0) is 30.5 Å². The topological polar surface area (TPSA) is 51.0 Å². The summed E-state index contributed by atoms with van der Waals surface area (Å²) in [6, 6.07) is 17.9. The number of para-hydroxylation sites is 1. The van der Waals surface area contributed by atoms with Crippen molar-refractivity contribution in [3.8, 4) is 11.5 Å². The Hall–Kier alpha value is -2.27. The van der Waals surface area contributed by atoms with Crippen molar-refractivity contribution < 1.29 is 4.42 Å². The van der Waals surface area contributed by atoms with E-state index in [9.17, 15) is 0 Å². The highest BCUT2D eigenvalue weighted by molar-refractivity contribution is 7.98. The molecule has 4 nitrogen and oxygen atoms in total. The van der Waals surface area contributed by atoms with Gasteiger partial charge in [-0.3, -0.25) is 0 Å². The Morgan fingerprint density at radius 3 is 2.57 bits per heavy atom. The molecule has 0 fully saturated rings. The molecule has 0 aliphatic carbocycles. The number of nitrogens with zero attached hydrogens (tertiary/aromatic N) is 2. The van der Waals surface area contributed by atoms with E-state index in [0.717, 1.165) is 11.3 Å². The Bertz CT molecular complexity index is 712. The maximum Gasteiger partial charge on any atom is 0.247 e. The number of benzene rings is 2. The Kier molecular flexibility index (Phi) is 4.21. The van der Waals surface area contributed by atoms with Gasteiger partial charge < -0.3 is 9.73 Å². The molecule has 1 aromatic heterocycles. The van der Waals surface area contributed by atoms with Gasteiger partial charge >= 0.3 is 0 Å². The van der Waals surface area contributed by atoms with Crippen molar-refractivity contribution in [2.45, 2.75) is 11.4 Å². The summed E-state index contributed by atoms with van der Waals surface area (Å²) in [7, 11) is 0. The fourth-order valence-corrected chi connectivity index (χ4v) is 2.56. The summed E-state index contributed by atoms with van der Waals surface area (Å²) >= 11 is 1.70. The molecule has 1 heterocycles. The van der Waals surface area contributed by atoms with E-state index in [4.69, 9.17) is 4.42 Å². The largest absolute Gasteiger partial charge is 0.419 e. The summed E-state index contributed by atoms with van der Waals surface area (Å²) in [4.78, 5) is 1.19. The summed E-state index contributed by atoms with van der Waals surface area (Å²) in [6.07, 6.45) is 2.06. The van der Waals surface area contributed by atoms with Crippen LogP contribution < -0.4 is 5.32 Å². The first-order valence-corrected chi connectivity index (χ1v) is 7.84. The van der Waals surface area contributed by atoms with Gasteiger partial charge in [0.25, 0.3) is 0 Å². The average molecular weight is 297 g/mol. The predicted molar refractivity (Wildman–Crippen MR) is 85.3 cm³/mol. The molecular weight excluding hydrogens is 282 g/mol. The summed E-state index contributed by atoms with van der Waals surface area (Å²) in [5.41, 5.74) is 2.00. The fourth-order valence-electron chi connectivity index (χ4n) is 1.98. The number of thioether (sulfide) groups is 1. The Labute approximate surface area is 127 Å². The number of hydrogen-bond donors (Lipinski definition) is 1. The number of rotatable bonds is 5. The molecule has 21 heavy (non-hydrogen) atoms. The monoisotopic (exact) mass is 297 g/mol. The quantitative estimate of drug-likeness (QED) is 0.719. The molecule has 0 aliphatic heterocycles. The lowest BCUT2D eigenvalue weighted by molar-refractivity contribution is 0.515. The van der Waals surface area contributed by atoms with Gasteiger partial charge in [0, 0.05) is 16.1 Å². The van der Waals surface area contributed by atoms with Crippen LogP contribution in [0.1, 0.15) is 5.89 Å². The SMILES string of the molecule is CSc1ccccc1NCc1nnc(-c2ccccc2)o1. The summed E-state index contributed by atoms with van der Waals surface area (Å²) in [5, 5.41) is 11.5. The van der Waals surface area contributed by atoms with Gasteiger partial charge in [0.05, 0.1) is 6.54 Å². The second kappa shape index (κ2) is 6.45. The van der Waals surface area contributed by atoms with Crippen LogP contribution in [-0.2, 0) is 6.54 Å². The second-order valence-electron chi connectivity index (χ2n) is 4.42. The minimum atomic E-state index is 0.511. The van der Waals surface area contributed by atoms with Crippen LogP contribution in [0.3, 0.4) is 0 Å². The molecule has 2 aromatic carbocycles. The molecule has 0 spiro atoms. The van der Waals surface area contributed by atoms with Crippen LogP contribution in [0.2, 0.25) is 0 Å². The van der Waals surface area contributed by atoms with Crippen LogP contribution in [0.25, 0.3) is 11.5 Å². The lowest BCUT2D eigenvalue weighted by Gasteiger charge is -2.07. The molecule has 0 unspecified atom stereocenters. The third-order valence-electron chi connectivity index (χ3n) is 3.02. The number of nitrogens with one attached hydrogen (secondary N) is 1. The average Bonchev–Trinajstić information content (AvgIpc) is 3.03. The molecule has 0 saturated carbocycles. The van der Waals surface area contributed by atoms with E-state index in [-0.39, 0.29) is 0 Å². The maximum atomic E-state index is 5.67. The minimum absolute atomic E-state index is 0.511. The third-order valence-corrected chi connectivity index (χ3v) is 3.82. The highest BCUT2D eigenvalue weighted by Gasteiger charge is 2.08. The fraction of sp³-hybridized carbons (Fsp3) is 0.125. The van der Waals surface area contributed by atoms with Gasteiger partial charge in [-0.25, -0.2) is 0 Å². The molecule has 0 atom stereocenters. The predicted octanol–water partition coefficient (Wildman–Crippen LogP) is 4.07. The lowest BCUT2D eigenvalue weighted by Crippen LogP contribution is -2.00. The summed E-state index contributed by atoms with van der Waals surface area (Å²) in [5.74, 6) is 1.12. The molecule has 0 radical (unpaired) electrons. The summed E-state index contributed by atoms with van der Waals surface area (Å²) in [6.45, 7) is 0.511. The van der Waals surface area contributed by atoms with Crippen molar-refractivity contribution in [1.82, 2.24) is 10.2 Å². The third kappa shape index (κ3) is 3.25. The number of aromatic nitrogens is 2. The van der Waals surface area contributed by atoms with Crippen molar-refractivity contribution >= 4 is 17.4 Å². The molecule has 5 heteroatoms. The first-order chi connectivity index (χ1) is 10.4. The molecule has 0 bridgehead atoms. The van der Waals surface area contributed by atoms with Gasteiger partial charge in [0.15, 0.2) is 0 Å². The normalized spacial score (nSPS) is 10.5. The summed E-state index contributed by atoms with van der Waals surface area (Å²) < 4.78 is 5.67. The van der Waals surface area contributed by atoms with Gasteiger partial charge in [-0.15, -0.1) is 22.0 Å². The van der Waals surface area contributed by atoms with Crippen LogP contribution in [0.5, 0.6) is 0 Å². The molecule has 0 aliphatic rings. The van der Waals surface area contributed by atoms with Crippen LogP contribution in [0, 0.1) is 0 Å². The van der Waals surface area contributed by atoms with Crippen LogP contribution >= 0.6 is 11.8 Å². The van der Waals surface area contributed by atoms with Gasteiger partial charge in [-0.2, -0.15) is 0 Å². The van der Waals surface area contributed by atoms with Crippen molar-refractivity contribution in [2.75, 3.05) is 11.6 Å². The lowest BCUT2D eigenvalue weighted by atomic mass is 10.2. The van der Waals surface area contributed by atoms with E-state index in [1.807, 2.05) is 48.5 Å². The van der Waals surface area contributed by atoms with E-state index in [1.54, 1.807) is 11.8 Å². The Morgan fingerprint density at radius 2 is 1.76 bits per heavy atom. The van der Waals surface area contributed by atoms with E-state index in [2.05, 4.69) is 27.8 Å². The van der Waals surface area contributed by atoms with Crippen molar-refractivity contribution in [3.63, 3.8) is 0 Å². The molecule has 3 rings (SSSR count). The van der Waals surface area contributed by atoms with E-state index >= 15 is 0 Å². The first kappa shape index (κ1) is 13.7. The van der Waals surface area contributed by atoms with Crippen LogP contribution in [-0.4, -0.2) is 16.5 Å². The van der Waals surface area contributed by atoms with Crippen molar-refractivity contribution in [1.29, 1.82) is 0 Å². The number of anilines is 1. The Morgan fingerprint density at radius 1 is 1.00 bits per heavy atom. The van der Waals surface area contributed by atoms with Crippen LogP contribution in [0.4, 0.5) is 5.69 Å². The molecule has 3 aromatic rings. The molecule has 0 amide bonds. The second-order valence-corrected chi connectivity index (χ2v) is 5.27. The van der Waals surface area contributed by atoms with E-state index in [0.29, 0.717) is 18.3 Å². The van der Waals surface area contributed by atoms with Crippen molar-refractivity contribution in [2.24, 2.45) is 0 Å². The van der Waals surface area contributed by atoms with Crippen LogP contribution in [0.15, 0.2) is 63.9 Å².